The fourth-order valence-electron chi connectivity index (χ4n) is 2.04. The number of nitrogens with zero attached hydrogens (tertiary/aromatic N) is 1. The summed E-state index contributed by atoms with van der Waals surface area (Å²) in [6, 6.07) is 0.0973. The van der Waals surface area contributed by atoms with Crippen molar-refractivity contribution >= 4 is 15.9 Å². The van der Waals surface area contributed by atoms with E-state index in [-0.39, 0.29) is 30.0 Å². The molecule has 0 aromatic heterocycles. The molecule has 4 N–H and O–H groups in total. The first-order chi connectivity index (χ1) is 7.81. The summed E-state index contributed by atoms with van der Waals surface area (Å²) in [6.07, 6.45) is 1.91. The minimum atomic E-state index is -3.49. The average Bonchev–Trinajstić information content (AvgIpc) is 2.52. The molecule has 0 radical (unpaired) electrons. The Balaban J connectivity index is 2.42. The second kappa shape index (κ2) is 5.79. The molecule has 100 valence electrons. The molecule has 1 fully saturated rings. The third kappa shape index (κ3) is 5.01. The van der Waals surface area contributed by atoms with Crippen LogP contribution in [0.5, 0.6) is 0 Å². The Morgan fingerprint density at radius 2 is 2.18 bits per heavy atom. The molecule has 7 heteroatoms. The van der Waals surface area contributed by atoms with Crippen LogP contribution in [0.25, 0.3) is 0 Å². The molecule has 17 heavy (non-hydrogen) atoms. The van der Waals surface area contributed by atoms with Crippen LogP contribution in [-0.2, 0) is 14.8 Å². The third-order valence-electron chi connectivity index (χ3n) is 3.06. The molecule has 2 unspecified atom stereocenters. The number of sulfonamides is 1. The lowest BCUT2D eigenvalue weighted by Crippen LogP contribution is -2.32. The average molecular weight is 263 g/mol. The summed E-state index contributed by atoms with van der Waals surface area (Å²) in [7, 11) is -3.49. The third-order valence-corrected chi connectivity index (χ3v) is 3.99. The van der Waals surface area contributed by atoms with Gasteiger partial charge in [0.15, 0.2) is 0 Å². The lowest BCUT2D eigenvalue weighted by Gasteiger charge is -2.18. The van der Waals surface area contributed by atoms with E-state index < -0.39 is 10.0 Å². The first-order valence-corrected chi connectivity index (χ1v) is 7.57. The van der Waals surface area contributed by atoms with Gasteiger partial charge >= 0.3 is 0 Å². The topological polar surface area (TPSA) is 106 Å². The zero-order valence-corrected chi connectivity index (χ0v) is 10.9. The number of likely N-dealkylation sites (tertiary alicyclic amines) is 1. The van der Waals surface area contributed by atoms with Gasteiger partial charge in [0.25, 0.3) is 0 Å². The molecule has 2 atom stereocenters. The summed E-state index contributed by atoms with van der Waals surface area (Å²) in [5.41, 5.74) is 5.78. The van der Waals surface area contributed by atoms with Gasteiger partial charge in [0.2, 0.25) is 15.9 Å². The highest BCUT2D eigenvalue weighted by Crippen LogP contribution is 2.19. The Bertz CT molecular complexity index is 369. The molecule has 1 aliphatic heterocycles. The summed E-state index contributed by atoms with van der Waals surface area (Å²) in [6.45, 7) is 3.08. The fourth-order valence-corrected chi connectivity index (χ4v) is 2.92. The fraction of sp³-hybridized carbons (Fsp3) is 0.900. The van der Waals surface area contributed by atoms with Gasteiger partial charge in [-0.15, -0.1) is 0 Å². The van der Waals surface area contributed by atoms with Crippen molar-refractivity contribution in [2.45, 2.75) is 32.2 Å². The molecule has 1 amide bonds. The molecule has 0 saturated carbocycles. The second-order valence-electron chi connectivity index (χ2n) is 4.70. The Labute approximate surface area is 102 Å². The molecule has 1 saturated heterocycles. The summed E-state index contributed by atoms with van der Waals surface area (Å²) < 4.78 is 21.9. The van der Waals surface area contributed by atoms with Gasteiger partial charge < -0.3 is 10.6 Å². The van der Waals surface area contributed by atoms with E-state index in [0.29, 0.717) is 13.1 Å². The Kier molecular flexibility index (Phi) is 4.91. The Hall–Kier alpha value is -0.660. The van der Waals surface area contributed by atoms with Gasteiger partial charge in [-0.05, 0) is 12.8 Å². The van der Waals surface area contributed by atoms with E-state index in [4.69, 9.17) is 10.9 Å². The van der Waals surface area contributed by atoms with Gasteiger partial charge in [0, 0.05) is 31.5 Å². The van der Waals surface area contributed by atoms with Crippen molar-refractivity contribution < 1.29 is 13.2 Å². The molecule has 0 aromatic carbocycles. The van der Waals surface area contributed by atoms with Crippen molar-refractivity contribution in [1.82, 2.24) is 4.90 Å². The zero-order chi connectivity index (χ0) is 13.1. The van der Waals surface area contributed by atoms with Crippen LogP contribution in [-0.4, -0.2) is 44.1 Å². The van der Waals surface area contributed by atoms with Gasteiger partial charge in [-0.25, -0.2) is 13.6 Å². The molecule has 0 spiro atoms. The van der Waals surface area contributed by atoms with Gasteiger partial charge in [-0.1, -0.05) is 6.92 Å². The van der Waals surface area contributed by atoms with Crippen LogP contribution in [0.4, 0.5) is 0 Å². The summed E-state index contributed by atoms with van der Waals surface area (Å²) in [5, 5.41) is 4.97. The van der Waals surface area contributed by atoms with Crippen LogP contribution in [0.2, 0.25) is 0 Å². The minimum absolute atomic E-state index is 0.00181. The van der Waals surface area contributed by atoms with E-state index >= 15 is 0 Å². The summed E-state index contributed by atoms with van der Waals surface area (Å²) in [5.74, 6) is -0.285. The second-order valence-corrected chi connectivity index (χ2v) is 6.36. The van der Waals surface area contributed by atoms with Crippen LogP contribution < -0.4 is 10.9 Å². The lowest BCUT2D eigenvalue weighted by molar-refractivity contribution is -0.127. The SMILES string of the molecule is CCC(N)CCN1CC(CS(N)(=O)=O)CC1=O. The number of carbonyl (C=O) groups is 1. The molecule has 0 aromatic rings. The highest BCUT2D eigenvalue weighted by Gasteiger charge is 2.31. The van der Waals surface area contributed by atoms with Gasteiger partial charge in [-0.2, -0.15) is 0 Å². The van der Waals surface area contributed by atoms with E-state index in [2.05, 4.69) is 0 Å². The van der Waals surface area contributed by atoms with Crippen LogP contribution in [0, 0.1) is 5.92 Å². The summed E-state index contributed by atoms with van der Waals surface area (Å²) >= 11 is 0. The maximum absolute atomic E-state index is 11.6. The van der Waals surface area contributed by atoms with Crippen molar-refractivity contribution in [1.29, 1.82) is 0 Å². The first-order valence-electron chi connectivity index (χ1n) is 5.85. The van der Waals surface area contributed by atoms with E-state index in [1.807, 2.05) is 6.92 Å². The Morgan fingerprint density at radius 3 is 2.71 bits per heavy atom. The van der Waals surface area contributed by atoms with Crippen molar-refractivity contribution in [2.24, 2.45) is 16.8 Å². The number of primary sulfonamides is 1. The number of nitrogens with two attached hydrogens (primary N) is 2. The van der Waals surface area contributed by atoms with Crippen LogP contribution in [0.15, 0.2) is 0 Å². The van der Waals surface area contributed by atoms with E-state index in [1.165, 1.54) is 0 Å². The van der Waals surface area contributed by atoms with E-state index in [9.17, 15) is 13.2 Å². The van der Waals surface area contributed by atoms with Crippen LogP contribution in [0.3, 0.4) is 0 Å². The number of amides is 1. The van der Waals surface area contributed by atoms with Gasteiger partial charge in [0.1, 0.15) is 0 Å². The molecule has 1 heterocycles. The maximum atomic E-state index is 11.6. The number of rotatable bonds is 6. The zero-order valence-electron chi connectivity index (χ0n) is 10.1. The molecule has 0 bridgehead atoms. The van der Waals surface area contributed by atoms with E-state index in [1.54, 1.807) is 4.90 Å². The normalized spacial score (nSPS) is 23.1. The van der Waals surface area contributed by atoms with Crippen molar-refractivity contribution in [3.05, 3.63) is 0 Å². The predicted octanol–water partition coefficient (Wildman–Crippen LogP) is -0.749. The highest BCUT2D eigenvalue weighted by molar-refractivity contribution is 7.89. The number of hydrogen-bond acceptors (Lipinski definition) is 4. The summed E-state index contributed by atoms with van der Waals surface area (Å²) in [4.78, 5) is 13.3. The molecule has 0 aliphatic carbocycles. The number of hydrogen-bond donors (Lipinski definition) is 2. The molecule has 6 nitrogen and oxygen atoms in total. The quantitative estimate of drug-likeness (QED) is 0.657. The molecule has 1 rings (SSSR count). The Morgan fingerprint density at radius 1 is 1.53 bits per heavy atom. The van der Waals surface area contributed by atoms with Gasteiger partial charge in [-0.3, -0.25) is 4.79 Å². The molecular weight excluding hydrogens is 242 g/mol. The molecule has 1 aliphatic rings. The highest BCUT2D eigenvalue weighted by atomic mass is 32.2. The smallest absolute Gasteiger partial charge is 0.222 e. The van der Waals surface area contributed by atoms with Crippen LogP contribution in [0.1, 0.15) is 26.2 Å². The molecular formula is C10H21N3O3S. The number of carbonyl (C=O) groups excluding carboxylic acids is 1. The van der Waals surface area contributed by atoms with Crippen LogP contribution >= 0.6 is 0 Å². The first kappa shape index (κ1) is 14.4. The van der Waals surface area contributed by atoms with Crippen molar-refractivity contribution in [3.8, 4) is 0 Å². The minimum Gasteiger partial charge on any atom is -0.342 e. The van der Waals surface area contributed by atoms with E-state index in [0.717, 1.165) is 12.8 Å². The van der Waals surface area contributed by atoms with Crippen molar-refractivity contribution in [3.63, 3.8) is 0 Å². The standard InChI is InChI=1S/C10H21N3O3S/c1-2-9(11)3-4-13-6-8(5-10(13)14)7-17(12,15)16/h8-9H,2-7,11H2,1H3,(H2,12,15,16). The lowest BCUT2D eigenvalue weighted by atomic mass is 10.1. The maximum Gasteiger partial charge on any atom is 0.222 e. The van der Waals surface area contributed by atoms with Crippen molar-refractivity contribution in [2.75, 3.05) is 18.8 Å². The largest absolute Gasteiger partial charge is 0.342 e. The van der Waals surface area contributed by atoms with Gasteiger partial charge in [0.05, 0.1) is 5.75 Å². The monoisotopic (exact) mass is 263 g/mol. The predicted molar refractivity (Wildman–Crippen MR) is 65.5 cm³/mol.